The maximum atomic E-state index is 12.0. The zero-order chi connectivity index (χ0) is 23.2. The second-order valence-electron chi connectivity index (χ2n) is 6.44. The molecule has 0 saturated heterocycles. The van der Waals surface area contributed by atoms with Gasteiger partial charge in [0.15, 0.2) is 6.61 Å². The smallest absolute Gasteiger partial charge is 0.329 e. The number of anilines is 1. The lowest BCUT2D eigenvalue weighted by atomic mass is 10.2. The third-order valence-corrected chi connectivity index (χ3v) is 4.00. The number of nitrogens with zero attached hydrogens (tertiary/aromatic N) is 1. The van der Waals surface area contributed by atoms with Crippen LogP contribution in [-0.4, -0.2) is 57.9 Å². The monoisotopic (exact) mass is 442 g/mol. The van der Waals surface area contributed by atoms with E-state index in [2.05, 4.69) is 21.2 Å². The molecule has 3 amide bonds. The lowest BCUT2D eigenvalue weighted by Gasteiger charge is -2.08. The number of hydrogen-bond acceptors (Lipinski definition) is 7. The molecule has 32 heavy (non-hydrogen) atoms. The number of nitrogens with one attached hydrogen (secondary N) is 3. The van der Waals surface area contributed by atoms with E-state index in [0.717, 1.165) is 0 Å². The molecule has 0 heterocycles. The highest BCUT2D eigenvalue weighted by Gasteiger charge is 2.11. The van der Waals surface area contributed by atoms with Crippen LogP contribution in [0.2, 0.25) is 0 Å². The summed E-state index contributed by atoms with van der Waals surface area (Å²) in [4.78, 5) is 35.2. The molecular weight excluding hydrogens is 416 g/mol. The Balaban J connectivity index is 1.73. The van der Waals surface area contributed by atoms with Crippen LogP contribution >= 0.6 is 0 Å². The Morgan fingerprint density at radius 2 is 1.78 bits per heavy atom. The molecule has 0 radical (unpaired) electrons. The summed E-state index contributed by atoms with van der Waals surface area (Å²) in [5.41, 5.74) is 3.42. The summed E-state index contributed by atoms with van der Waals surface area (Å²) in [5, 5.41) is 8.92. The van der Waals surface area contributed by atoms with Crippen molar-refractivity contribution in [2.24, 2.45) is 5.10 Å². The molecule has 2 aromatic rings. The van der Waals surface area contributed by atoms with Crippen LogP contribution in [0.5, 0.6) is 11.5 Å². The minimum Gasteiger partial charge on any atom is -0.497 e. The van der Waals surface area contributed by atoms with Crippen LogP contribution < -0.4 is 25.5 Å². The van der Waals surface area contributed by atoms with Crippen LogP contribution in [0.4, 0.5) is 5.69 Å². The van der Waals surface area contributed by atoms with Crippen LogP contribution in [-0.2, 0) is 19.1 Å². The standard InChI is InChI=1S/C22H26N4O6/c1-30-12-4-11-23-21(28)22(29)26-24-14-16-7-9-18(10-8-16)32-15-20(27)25-17-5-3-6-19(13-17)31-2/h3,5-10,13-14H,4,11-12,15H2,1-2H3,(H,23,28)(H,25,27)(H,26,29)/b24-14-. The summed E-state index contributed by atoms with van der Waals surface area (Å²) < 4.78 is 15.4. The van der Waals surface area contributed by atoms with E-state index in [1.807, 2.05) is 0 Å². The van der Waals surface area contributed by atoms with Gasteiger partial charge in [-0.2, -0.15) is 5.10 Å². The fourth-order valence-electron chi connectivity index (χ4n) is 2.41. The summed E-state index contributed by atoms with van der Waals surface area (Å²) in [6, 6.07) is 13.7. The van der Waals surface area contributed by atoms with Crippen molar-refractivity contribution in [1.82, 2.24) is 10.7 Å². The highest BCUT2D eigenvalue weighted by Crippen LogP contribution is 2.17. The molecule has 10 nitrogen and oxygen atoms in total. The first-order valence-corrected chi connectivity index (χ1v) is 9.78. The molecule has 0 aromatic heterocycles. The predicted octanol–water partition coefficient (Wildman–Crippen LogP) is 1.32. The second kappa shape index (κ2) is 13.4. The fourth-order valence-corrected chi connectivity index (χ4v) is 2.41. The molecule has 2 aromatic carbocycles. The number of hydrazone groups is 1. The van der Waals surface area contributed by atoms with Crippen molar-refractivity contribution < 1.29 is 28.6 Å². The Bertz CT molecular complexity index is 930. The SMILES string of the molecule is COCCCNC(=O)C(=O)N/N=C\c1ccc(OCC(=O)Nc2cccc(OC)c2)cc1. The van der Waals surface area contributed by atoms with Gasteiger partial charge in [-0.15, -0.1) is 0 Å². The average molecular weight is 442 g/mol. The molecule has 0 aliphatic heterocycles. The number of carbonyl (C=O) groups is 3. The fraction of sp³-hybridized carbons (Fsp3) is 0.273. The Hall–Kier alpha value is -3.92. The van der Waals surface area contributed by atoms with Crippen molar-refractivity contribution in [3.8, 4) is 11.5 Å². The number of benzene rings is 2. The molecule has 0 spiro atoms. The normalized spacial score (nSPS) is 10.4. The average Bonchev–Trinajstić information content (AvgIpc) is 2.81. The first-order valence-electron chi connectivity index (χ1n) is 9.78. The third-order valence-electron chi connectivity index (χ3n) is 4.00. The van der Waals surface area contributed by atoms with Gasteiger partial charge in [0, 0.05) is 32.0 Å². The molecule has 0 aliphatic rings. The minimum absolute atomic E-state index is 0.166. The second-order valence-corrected chi connectivity index (χ2v) is 6.44. The molecule has 0 saturated carbocycles. The van der Waals surface area contributed by atoms with Crippen molar-refractivity contribution in [2.45, 2.75) is 6.42 Å². The predicted molar refractivity (Wildman–Crippen MR) is 119 cm³/mol. The molecule has 170 valence electrons. The Morgan fingerprint density at radius 3 is 2.50 bits per heavy atom. The van der Waals surface area contributed by atoms with Gasteiger partial charge in [0.2, 0.25) is 0 Å². The van der Waals surface area contributed by atoms with Gasteiger partial charge in [0.05, 0.1) is 13.3 Å². The molecule has 2 rings (SSSR count). The van der Waals surface area contributed by atoms with Crippen molar-refractivity contribution in [1.29, 1.82) is 0 Å². The number of amides is 3. The largest absolute Gasteiger partial charge is 0.497 e. The zero-order valence-corrected chi connectivity index (χ0v) is 17.9. The van der Waals surface area contributed by atoms with Gasteiger partial charge in [-0.1, -0.05) is 6.07 Å². The molecule has 0 atom stereocenters. The number of rotatable bonds is 11. The highest BCUT2D eigenvalue weighted by molar-refractivity contribution is 6.35. The van der Waals surface area contributed by atoms with Crippen LogP contribution in [0.1, 0.15) is 12.0 Å². The number of methoxy groups -OCH3 is 2. The van der Waals surface area contributed by atoms with Crippen molar-refractivity contribution >= 4 is 29.6 Å². The maximum Gasteiger partial charge on any atom is 0.329 e. The van der Waals surface area contributed by atoms with Gasteiger partial charge in [-0.25, -0.2) is 5.43 Å². The maximum absolute atomic E-state index is 12.0. The van der Waals surface area contributed by atoms with Gasteiger partial charge in [0.1, 0.15) is 11.5 Å². The Morgan fingerprint density at radius 1 is 1.00 bits per heavy atom. The molecule has 3 N–H and O–H groups in total. The summed E-state index contributed by atoms with van der Waals surface area (Å²) in [7, 11) is 3.11. The van der Waals surface area contributed by atoms with E-state index in [-0.39, 0.29) is 12.5 Å². The van der Waals surface area contributed by atoms with Gasteiger partial charge in [-0.05, 0) is 48.4 Å². The molecule has 0 aliphatic carbocycles. The van der Waals surface area contributed by atoms with Crippen molar-refractivity contribution in [3.63, 3.8) is 0 Å². The van der Waals surface area contributed by atoms with E-state index in [0.29, 0.717) is 42.3 Å². The first-order chi connectivity index (χ1) is 15.5. The van der Waals surface area contributed by atoms with E-state index in [9.17, 15) is 14.4 Å². The summed E-state index contributed by atoms with van der Waals surface area (Å²) in [6.45, 7) is 0.662. The number of ether oxygens (including phenoxy) is 3. The molecule has 0 unspecified atom stereocenters. The topological polar surface area (TPSA) is 127 Å². The van der Waals surface area contributed by atoms with Crippen LogP contribution in [0.25, 0.3) is 0 Å². The lowest BCUT2D eigenvalue weighted by molar-refractivity contribution is -0.139. The lowest BCUT2D eigenvalue weighted by Crippen LogP contribution is -2.38. The van der Waals surface area contributed by atoms with Gasteiger partial charge >= 0.3 is 11.8 Å². The van der Waals surface area contributed by atoms with E-state index in [4.69, 9.17) is 14.2 Å². The van der Waals surface area contributed by atoms with E-state index >= 15 is 0 Å². The van der Waals surface area contributed by atoms with Crippen LogP contribution in [0, 0.1) is 0 Å². The molecule has 0 fully saturated rings. The molecule has 0 bridgehead atoms. The Kier molecular flexibility index (Phi) is 10.2. The number of hydrogen-bond donors (Lipinski definition) is 3. The zero-order valence-electron chi connectivity index (χ0n) is 17.9. The summed E-state index contributed by atoms with van der Waals surface area (Å²) in [5.74, 6) is -0.815. The summed E-state index contributed by atoms with van der Waals surface area (Å²) in [6.07, 6.45) is 1.99. The molecular formula is C22H26N4O6. The van der Waals surface area contributed by atoms with Gasteiger partial charge < -0.3 is 24.8 Å². The van der Waals surface area contributed by atoms with Gasteiger partial charge in [-0.3, -0.25) is 14.4 Å². The number of carbonyl (C=O) groups excluding carboxylic acids is 3. The third kappa shape index (κ3) is 8.84. The van der Waals surface area contributed by atoms with E-state index in [1.165, 1.54) is 6.21 Å². The van der Waals surface area contributed by atoms with Crippen molar-refractivity contribution in [2.75, 3.05) is 39.3 Å². The minimum atomic E-state index is -0.860. The van der Waals surface area contributed by atoms with Gasteiger partial charge in [0.25, 0.3) is 5.91 Å². The quantitative estimate of drug-likeness (QED) is 0.208. The summed E-state index contributed by atoms with van der Waals surface area (Å²) >= 11 is 0. The van der Waals surface area contributed by atoms with Crippen molar-refractivity contribution in [3.05, 3.63) is 54.1 Å². The Labute approximate surface area is 185 Å². The highest BCUT2D eigenvalue weighted by atomic mass is 16.5. The van der Waals surface area contributed by atoms with Crippen LogP contribution in [0.3, 0.4) is 0 Å². The first kappa shape index (κ1) is 24.4. The van der Waals surface area contributed by atoms with Crippen LogP contribution in [0.15, 0.2) is 53.6 Å². The molecule has 10 heteroatoms. The van der Waals surface area contributed by atoms with E-state index in [1.54, 1.807) is 62.8 Å². The van der Waals surface area contributed by atoms with E-state index < -0.39 is 11.8 Å².